The summed E-state index contributed by atoms with van der Waals surface area (Å²) in [5.41, 5.74) is 11.9. The maximum Gasteiger partial charge on any atom is 0.511 e. The third-order valence-electron chi connectivity index (χ3n) is 3.33. The number of carbonyl (C=O) groups is 2. The number of nitrogens with two attached hydrogens (primary N) is 2. The fourth-order valence-electron chi connectivity index (χ4n) is 2.03. The molecule has 1 aromatic carbocycles. The lowest BCUT2D eigenvalue weighted by atomic mass is 10.3. The van der Waals surface area contributed by atoms with Gasteiger partial charge in [0.2, 0.25) is 12.7 Å². The van der Waals surface area contributed by atoms with Crippen molar-refractivity contribution in [3.8, 4) is 5.75 Å². The van der Waals surface area contributed by atoms with Crippen molar-refractivity contribution in [2.24, 2.45) is 16.0 Å². The average Bonchev–Trinajstić information content (AvgIpc) is 2.68. The number of hydrogen-bond donors (Lipinski definition) is 3. The highest BCUT2D eigenvalue weighted by Crippen LogP contribution is 2.30. The fourth-order valence-corrected chi connectivity index (χ4v) is 2.03. The Morgan fingerprint density at radius 1 is 1.10 bits per heavy atom. The largest absolute Gasteiger partial charge is 0.511 e. The monoisotopic (exact) mass is 402 g/mol. The Balaban J connectivity index is 2.04. The molecule has 0 aliphatic rings. The van der Waals surface area contributed by atoms with E-state index in [1.54, 1.807) is 43.3 Å². The first-order valence-corrected chi connectivity index (χ1v) is 8.73. The third-order valence-corrected chi connectivity index (χ3v) is 3.33. The Bertz CT molecular complexity index is 874. The summed E-state index contributed by atoms with van der Waals surface area (Å²) in [4.78, 5) is 26.8. The molecular weight excluding hydrogens is 380 g/mol. The van der Waals surface area contributed by atoms with Crippen molar-refractivity contribution >= 4 is 35.1 Å². The number of para-hydroxylation sites is 1. The second-order valence-corrected chi connectivity index (χ2v) is 5.44. The number of benzene rings is 1. The zero-order valence-electron chi connectivity index (χ0n) is 15.8. The van der Waals surface area contributed by atoms with Crippen molar-refractivity contribution in [1.29, 1.82) is 0 Å². The zero-order chi connectivity index (χ0) is 21.1. The Morgan fingerprint density at radius 3 is 2.59 bits per heavy atom. The van der Waals surface area contributed by atoms with E-state index < -0.39 is 6.16 Å². The number of ether oxygens (including phenoxy) is 3. The highest BCUT2D eigenvalue weighted by atomic mass is 16.8. The lowest BCUT2D eigenvalue weighted by Crippen LogP contribution is -2.17. The quantitative estimate of drug-likeness (QED) is 0.327. The third kappa shape index (κ3) is 7.07. The Hall–Kier alpha value is -3.73. The van der Waals surface area contributed by atoms with Crippen molar-refractivity contribution < 1.29 is 23.8 Å². The predicted molar refractivity (Wildman–Crippen MR) is 105 cm³/mol. The average molecular weight is 402 g/mol. The van der Waals surface area contributed by atoms with Crippen LogP contribution in [0, 0.1) is 0 Å². The van der Waals surface area contributed by atoms with Gasteiger partial charge in [-0.25, -0.2) is 9.78 Å². The first-order valence-electron chi connectivity index (χ1n) is 8.73. The maximum absolute atomic E-state index is 11.6. The summed E-state index contributed by atoms with van der Waals surface area (Å²) in [7, 11) is 0. The van der Waals surface area contributed by atoms with Gasteiger partial charge in [0.1, 0.15) is 17.2 Å². The molecule has 0 spiro atoms. The van der Waals surface area contributed by atoms with Gasteiger partial charge in [0.05, 0.1) is 6.61 Å². The second kappa shape index (κ2) is 11.2. The number of hydrogen-bond acceptors (Lipinski definition) is 10. The van der Waals surface area contributed by atoms with Crippen molar-refractivity contribution in [2.45, 2.75) is 13.3 Å². The van der Waals surface area contributed by atoms with Crippen LogP contribution in [0.3, 0.4) is 0 Å². The van der Waals surface area contributed by atoms with E-state index in [-0.39, 0.29) is 38.1 Å². The number of anilines is 2. The molecule has 2 aromatic rings. The van der Waals surface area contributed by atoms with Gasteiger partial charge in [-0.05, 0) is 31.2 Å². The van der Waals surface area contributed by atoms with Gasteiger partial charge >= 0.3 is 6.16 Å². The molecule has 1 heterocycles. The molecule has 0 unspecified atom stereocenters. The van der Waals surface area contributed by atoms with Crippen LogP contribution in [0.1, 0.15) is 13.3 Å². The summed E-state index contributed by atoms with van der Waals surface area (Å²) in [6, 6.07) is 9.89. The SMILES string of the molecule is CCOC(=O)OCOc1ccccc1/N=N/c1ccc(NC(=O)CCN)nc1N. The van der Waals surface area contributed by atoms with E-state index in [0.717, 1.165) is 0 Å². The molecule has 5 N–H and O–H groups in total. The van der Waals surface area contributed by atoms with Crippen LogP contribution in [0.15, 0.2) is 46.6 Å². The van der Waals surface area contributed by atoms with Crippen molar-refractivity contribution in [1.82, 2.24) is 4.98 Å². The molecule has 11 nitrogen and oxygen atoms in total. The molecule has 1 aromatic heterocycles. The first-order chi connectivity index (χ1) is 14.0. The Labute approximate surface area is 167 Å². The minimum atomic E-state index is -0.830. The van der Waals surface area contributed by atoms with Gasteiger partial charge in [-0.15, -0.1) is 10.2 Å². The van der Waals surface area contributed by atoms with Crippen LogP contribution in [0.2, 0.25) is 0 Å². The molecule has 0 atom stereocenters. The van der Waals surface area contributed by atoms with Gasteiger partial charge in [0.25, 0.3) is 0 Å². The number of amides is 1. The van der Waals surface area contributed by atoms with Crippen LogP contribution >= 0.6 is 0 Å². The highest BCUT2D eigenvalue weighted by Gasteiger charge is 2.08. The summed E-state index contributed by atoms with van der Waals surface area (Å²) >= 11 is 0. The minimum absolute atomic E-state index is 0.0864. The number of nitrogens with zero attached hydrogens (tertiary/aromatic N) is 3. The number of nitrogens with one attached hydrogen (secondary N) is 1. The molecule has 0 saturated carbocycles. The molecule has 2 rings (SSSR count). The van der Waals surface area contributed by atoms with Crippen molar-refractivity contribution in [2.75, 3.05) is 31.0 Å². The van der Waals surface area contributed by atoms with Gasteiger partial charge < -0.3 is 31.0 Å². The normalized spacial score (nSPS) is 10.6. The van der Waals surface area contributed by atoms with E-state index in [2.05, 4.69) is 25.3 Å². The molecule has 0 radical (unpaired) electrons. The van der Waals surface area contributed by atoms with Crippen LogP contribution in [0.5, 0.6) is 5.75 Å². The lowest BCUT2D eigenvalue weighted by molar-refractivity contribution is -0.116. The summed E-state index contributed by atoms with van der Waals surface area (Å²) < 4.78 is 14.8. The summed E-state index contributed by atoms with van der Waals surface area (Å²) in [6.07, 6.45) is -0.649. The number of pyridine rings is 1. The van der Waals surface area contributed by atoms with Crippen molar-refractivity contribution in [3.63, 3.8) is 0 Å². The number of carbonyl (C=O) groups excluding carboxylic acids is 2. The molecule has 154 valence electrons. The second-order valence-electron chi connectivity index (χ2n) is 5.44. The van der Waals surface area contributed by atoms with Gasteiger partial charge in [0, 0.05) is 13.0 Å². The van der Waals surface area contributed by atoms with Gasteiger partial charge in [-0.1, -0.05) is 12.1 Å². The Kier molecular flexibility index (Phi) is 8.32. The Morgan fingerprint density at radius 2 is 1.86 bits per heavy atom. The van der Waals surface area contributed by atoms with Crippen LogP contribution in [0.4, 0.5) is 27.8 Å². The maximum atomic E-state index is 11.6. The smallest absolute Gasteiger partial charge is 0.455 e. The molecule has 11 heteroatoms. The molecule has 0 bridgehead atoms. The van der Waals surface area contributed by atoms with Crippen LogP contribution < -0.4 is 21.5 Å². The van der Waals surface area contributed by atoms with E-state index in [1.165, 1.54) is 0 Å². The van der Waals surface area contributed by atoms with Crippen LogP contribution in [-0.2, 0) is 14.3 Å². The topological polar surface area (TPSA) is 164 Å². The molecule has 0 fully saturated rings. The van der Waals surface area contributed by atoms with Crippen LogP contribution in [0.25, 0.3) is 0 Å². The predicted octanol–water partition coefficient (Wildman–Crippen LogP) is 2.88. The zero-order valence-corrected chi connectivity index (χ0v) is 15.8. The number of aromatic nitrogens is 1. The van der Waals surface area contributed by atoms with Crippen LogP contribution in [-0.4, -0.2) is 37.0 Å². The molecular formula is C18H22N6O5. The number of nitrogen functional groups attached to an aromatic ring is 1. The minimum Gasteiger partial charge on any atom is -0.455 e. The summed E-state index contributed by atoms with van der Waals surface area (Å²) in [6.45, 7) is 1.76. The standard InChI is InChI=1S/C18H22N6O5/c1-2-27-18(26)29-11-28-14-6-4-3-5-12(14)23-24-13-7-8-15(22-17(13)20)21-16(25)9-10-19/h3-8H,2,9-11,19H2,1H3,(H3,20,21,22,25)/b24-23+. The van der Waals surface area contributed by atoms with E-state index in [1.807, 2.05) is 0 Å². The van der Waals surface area contributed by atoms with E-state index in [0.29, 0.717) is 22.9 Å². The van der Waals surface area contributed by atoms with Gasteiger partial charge in [0.15, 0.2) is 11.6 Å². The molecule has 0 aliphatic heterocycles. The highest BCUT2D eigenvalue weighted by molar-refractivity contribution is 5.90. The van der Waals surface area contributed by atoms with Gasteiger partial charge in [-0.2, -0.15) is 0 Å². The van der Waals surface area contributed by atoms with Crippen molar-refractivity contribution in [3.05, 3.63) is 36.4 Å². The van der Waals surface area contributed by atoms with E-state index >= 15 is 0 Å². The summed E-state index contributed by atoms with van der Waals surface area (Å²) in [5.74, 6) is 0.464. The fraction of sp³-hybridized carbons (Fsp3) is 0.278. The molecule has 0 saturated heterocycles. The number of azo groups is 1. The van der Waals surface area contributed by atoms with E-state index in [9.17, 15) is 9.59 Å². The lowest BCUT2D eigenvalue weighted by Gasteiger charge is -2.08. The number of rotatable bonds is 9. The first kappa shape index (κ1) is 21.6. The summed E-state index contributed by atoms with van der Waals surface area (Å²) in [5, 5.41) is 10.7. The molecule has 1 amide bonds. The molecule has 0 aliphatic carbocycles. The molecule has 29 heavy (non-hydrogen) atoms. The van der Waals surface area contributed by atoms with E-state index in [4.69, 9.17) is 20.9 Å². The van der Waals surface area contributed by atoms with Gasteiger partial charge in [-0.3, -0.25) is 4.79 Å².